The second-order valence-corrected chi connectivity index (χ2v) is 14.1. The Kier molecular flexibility index (Phi) is 8.89. The van der Waals surface area contributed by atoms with E-state index in [0.29, 0.717) is 0 Å². The SMILES string of the molecule is CC(C)CCCCSc1ccc2c(c1)sc1c3ccc(SCCCCC(C)C)cc3sc21. The first kappa shape index (κ1) is 24.4. The van der Waals surface area contributed by atoms with Crippen LogP contribution in [0.5, 0.6) is 0 Å². The lowest BCUT2D eigenvalue weighted by atomic mass is 10.1. The van der Waals surface area contributed by atoms with Gasteiger partial charge in [-0.15, -0.1) is 46.2 Å². The molecule has 2 aromatic heterocycles. The molecule has 0 aliphatic rings. The van der Waals surface area contributed by atoms with E-state index in [1.165, 1.54) is 89.4 Å². The van der Waals surface area contributed by atoms with Gasteiger partial charge in [-0.3, -0.25) is 0 Å². The molecule has 0 fully saturated rings. The van der Waals surface area contributed by atoms with Crippen molar-refractivity contribution in [2.75, 3.05) is 11.5 Å². The Hall–Kier alpha value is -0.680. The second-order valence-electron chi connectivity index (χ2n) is 9.65. The third kappa shape index (κ3) is 6.25. The quantitative estimate of drug-likeness (QED) is 0.140. The summed E-state index contributed by atoms with van der Waals surface area (Å²) in [5.74, 6) is 4.13. The normalized spacial score (nSPS) is 12.3. The summed E-state index contributed by atoms with van der Waals surface area (Å²) in [7, 11) is 0. The van der Waals surface area contributed by atoms with E-state index in [1.54, 1.807) is 0 Å². The fraction of sp³-hybridized carbons (Fsp3) is 0.500. The van der Waals surface area contributed by atoms with Crippen LogP contribution in [0.3, 0.4) is 0 Å². The Morgan fingerprint density at radius 3 is 1.47 bits per heavy atom. The van der Waals surface area contributed by atoms with Crippen LogP contribution in [0.25, 0.3) is 29.6 Å². The molecule has 4 heteroatoms. The average molecular weight is 501 g/mol. The standard InChI is InChI=1S/C28H36S4/c1-19(2)9-5-7-15-29-21-11-13-23-25(17-21)31-28-24-14-12-22(18-26(24)32-27(23)28)30-16-8-6-10-20(3)4/h11-14,17-20H,5-10,15-16H2,1-4H3. The van der Waals surface area contributed by atoms with E-state index in [-0.39, 0.29) is 0 Å². The molecule has 2 aromatic carbocycles. The predicted octanol–water partition coefficient (Wildman–Crippen LogP) is 11.1. The lowest BCUT2D eigenvalue weighted by molar-refractivity contribution is 0.551. The highest BCUT2D eigenvalue weighted by Gasteiger charge is 2.13. The molecule has 0 bridgehead atoms. The molecule has 32 heavy (non-hydrogen) atoms. The average Bonchev–Trinajstić information content (AvgIpc) is 3.28. The van der Waals surface area contributed by atoms with E-state index in [0.717, 1.165) is 11.8 Å². The van der Waals surface area contributed by atoms with E-state index < -0.39 is 0 Å². The largest absolute Gasteiger partial charge is 0.134 e. The molecule has 172 valence electrons. The van der Waals surface area contributed by atoms with Crippen molar-refractivity contribution in [1.82, 2.24) is 0 Å². The maximum atomic E-state index is 2.42. The Labute approximate surface area is 210 Å². The molecule has 0 aliphatic heterocycles. The molecule has 0 aliphatic carbocycles. The number of thiophene rings is 2. The van der Waals surface area contributed by atoms with Gasteiger partial charge in [0, 0.05) is 30.0 Å². The van der Waals surface area contributed by atoms with Gasteiger partial charge in [-0.2, -0.15) is 0 Å². The van der Waals surface area contributed by atoms with Crippen LogP contribution in [0.1, 0.15) is 66.2 Å². The van der Waals surface area contributed by atoms with Crippen LogP contribution >= 0.6 is 46.2 Å². The third-order valence-electron chi connectivity index (χ3n) is 5.91. The molecule has 0 amide bonds. The molecule has 4 rings (SSSR count). The highest BCUT2D eigenvalue weighted by Crippen LogP contribution is 2.45. The fourth-order valence-electron chi connectivity index (χ4n) is 4.09. The molecule has 0 saturated carbocycles. The lowest BCUT2D eigenvalue weighted by Crippen LogP contribution is -1.88. The van der Waals surface area contributed by atoms with Gasteiger partial charge in [0.1, 0.15) is 0 Å². The molecular weight excluding hydrogens is 465 g/mol. The van der Waals surface area contributed by atoms with Gasteiger partial charge in [0.15, 0.2) is 0 Å². The monoisotopic (exact) mass is 500 g/mol. The number of unbranched alkanes of at least 4 members (excludes halogenated alkanes) is 2. The van der Waals surface area contributed by atoms with Crippen molar-refractivity contribution in [2.45, 2.75) is 76.0 Å². The van der Waals surface area contributed by atoms with Crippen LogP contribution < -0.4 is 0 Å². The van der Waals surface area contributed by atoms with Gasteiger partial charge in [0.25, 0.3) is 0 Å². The first-order valence-corrected chi connectivity index (χ1v) is 15.8. The van der Waals surface area contributed by atoms with E-state index in [9.17, 15) is 0 Å². The van der Waals surface area contributed by atoms with Crippen molar-refractivity contribution in [1.29, 1.82) is 0 Å². The Balaban J connectivity index is 1.42. The summed E-state index contributed by atoms with van der Waals surface area (Å²) in [5.41, 5.74) is 0. The van der Waals surface area contributed by atoms with Gasteiger partial charge < -0.3 is 0 Å². The van der Waals surface area contributed by atoms with Crippen LogP contribution in [-0.2, 0) is 0 Å². The summed E-state index contributed by atoms with van der Waals surface area (Å²) in [6.45, 7) is 9.29. The van der Waals surface area contributed by atoms with E-state index in [1.807, 2.05) is 46.2 Å². The van der Waals surface area contributed by atoms with Crippen molar-refractivity contribution in [2.24, 2.45) is 11.8 Å². The Morgan fingerprint density at radius 2 is 1.06 bits per heavy atom. The minimum absolute atomic E-state index is 0.828. The zero-order valence-corrected chi connectivity index (χ0v) is 23.2. The molecule has 0 unspecified atom stereocenters. The summed E-state index contributed by atoms with van der Waals surface area (Å²) in [4.78, 5) is 2.85. The van der Waals surface area contributed by atoms with Gasteiger partial charge in [0.05, 0.1) is 9.40 Å². The summed E-state index contributed by atoms with van der Waals surface area (Å²) < 4.78 is 5.85. The molecule has 0 radical (unpaired) electrons. The smallest absolute Gasteiger partial charge is 0.0542 e. The third-order valence-corrected chi connectivity index (χ3v) is 10.6. The zero-order chi connectivity index (χ0) is 22.5. The van der Waals surface area contributed by atoms with Crippen molar-refractivity contribution < 1.29 is 0 Å². The van der Waals surface area contributed by atoms with Crippen LogP contribution in [0, 0.1) is 11.8 Å². The summed E-state index contributed by atoms with van der Waals surface area (Å²) in [6, 6.07) is 14.3. The molecule has 2 heterocycles. The van der Waals surface area contributed by atoms with Gasteiger partial charge in [-0.25, -0.2) is 0 Å². The summed E-state index contributed by atoms with van der Waals surface area (Å²) in [5, 5.41) is 2.89. The van der Waals surface area contributed by atoms with Crippen molar-refractivity contribution >= 4 is 75.8 Å². The van der Waals surface area contributed by atoms with Crippen LogP contribution in [0.4, 0.5) is 0 Å². The number of hydrogen-bond donors (Lipinski definition) is 0. The maximum absolute atomic E-state index is 2.42. The molecule has 0 saturated heterocycles. The number of fused-ring (bicyclic) bond motifs is 5. The Bertz CT molecular complexity index is 1060. The van der Waals surface area contributed by atoms with Gasteiger partial charge in [-0.1, -0.05) is 65.5 Å². The first-order chi connectivity index (χ1) is 15.5. The number of hydrogen-bond acceptors (Lipinski definition) is 4. The van der Waals surface area contributed by atoms with Crippen molar-refractivity contribution in [3.63, 3.8) is 0 Å². The van der Waals surface area contributed by atoms with E-state index in [4.69, 9.17) is 0 Å². The van der Waals surface area contributed by atoms with E-state index in [2.05, 4.69) is 64.1 Å². The van der Waals surface area contributed by atoms with Gasteiger partial charge in [0.2, 0.25) is 0 Å². The van der Waals surface area contributed by atoms with Gasteiger partial charge >= 0.3 is 0 Å². The second kappa shape index (κ2) is 11.6. The van der Waals surface area contributed by atoms with Crippen molar-refractivity contribution in [3.8, 4) is 0 Å². The highest BCUT2D eigenvalue weighted by atomic mass is 32.2. The summed E-state index contributed by atoms with van der Waals surface area (Å²) in [6.07, 6.45) is 8.06. The zero-order valence-electron chi connectivity index (χ0n) is 19.9. The summed E-state index contributed by atoms with van der Waals surface area (Å²) >= 11 is 8.02. The molecule has 0 atom stereocenters. The molecule has 0 nitrogen and oxygen atoms in total. The van der Waals surface area contributed by atoms with E-state index >= 15 is 0 Å². The van der Waals surface area contributed by atoms with Crippen LogP contribution in [-0.4, -0.2) is 11.5 Å². The maximum Gasteiger partial charge on any atom is 0.0542 e. The number of benzene rings is 2. The molecule has 0 spiro atoms. The molecular formula is C28H36S4. The Morgan fingerprint density at radius 1 is 0.625 bits per heavy atom. The van der Waals surface area contributed by atoms with Gasteiger partial charge in [-0.05, 0) is 60.4 Å². The lowest BCUT2D eigenvalue weighted by Gasteiger charge is -2.05. The minimum Gasteiger partial charge on any atom is -0.134 e. The molecule has 4 aromatic rings. The first-order valence-electron chi connectivity index (χ1n) is 12.2. The number of rotatable bonds is 12. The molecule has 0 N–H and O–H groups in total. The fourth-order valence-corrected chi connectivity index (χ4v) is 8.87. The minimum atomic E-state index is 0.828. The van der Waals surface area contributed by atoms with Crippen LogP contribution in [0.2, 0.25) is 0 Å². The predicted molar refractivity (Wildman–Crippen MR) is 154 cm³/mol. The number of thioether (sulfide) groups is 2. The van der Waals surface area contributed by atoms with Crippen molar-refractivity contribution in [3.05, 3.63) is 36.4 Å². The topological polar surface area (TPSA) is 0 Å². The highest BCUT2D eigenvalue weighted by molar-refractivity contribution is 7.99. The van der Waals surface area contributed by atoms with Crippen LogP contribution in [0.15, 0.2) is 46.2 Å².